The number of alkyl halides is 3. The summed E-state index contributed by atoms with van der Waals surface area (Å²) in [6.45, 7) is 0. The number of halogens is 4. The van der Waals surface area contributed by atoms with Gasteiger partial charge in [0.05, 0.1) is 10.8 Å². The van der Waals surface area contributed by atoms with Crippen LogP contribution in [-0.4, -0.2) is 16.4 Å². The smallest absolute Gasteiger partial charge is 0.394 e. The number of rotatable bonds is 1. The van der Waals surface area contributed by atoms with Crippen molar-refractivity contribution in [2.45, 2.75) is 30.9 Å². The van der Waals surface area contributed by atoms with Gasteiger partial charge < -0.3 is 4.42 Å². The standard InChI is InChI=1S/C8H6BrF3N2O/c9-5-14-13-4(15-5)6-1-7(2-6,3-6)8(10,11)12/h1-3H2. The lowest BCUT2D eigenvalue weighted by atomic mass is 9.34. The minimum Gasteiger partial charge on any atom is -0.415 e. The van der Waals surface area contributed by atoms with E-state index >= 15 is 0 Å². The molecule has 0 amide bonds. The molecule has 1 aromatic rings. The molecule has 3 saturated carbocycles. The molecule has 3 fully saturated rings. The van der Waals surface area contributed by atoms with Crippen molar-refractivity contribution in [1.82, 2.24) is 10.2 Å². The molecule has 0 N–H and O–H groups in total. The van der Waals surface area contributed by atoms with E-state index in [9.17, 15) is 13.2 Å². The van der Waals surface area contributed by atoms with Crippen LogP contribution in [0.3, 0.4) is 0 Å². The summed E-state index contributed by atoms with van der Waals surface area (Å²) in [5.41, 5.74) is -1.96. The molecule has 0 atom stereocenters. The highest BCUT2D eigenvalue weighted by atomic mass is 79.9. The van der Waals surface area contributed by atoms with Gasteiger partial charge in [-0.25, -0.2) is 0 Å². The van der Waals surface area contributed by atoms with Crippen molar-refractivity contribution in [2.24, 2.45) is 5.41 Å². The highest BCUT2D eigenvalue weighted by Gasteiger charge is 2.80. The molecule has 3 aliphatic carbocycles. The molecule has 15 heavy (non-hydrogen) atoms. The largest absolute Gasteiger partial charge is 0.415 e. The molecule has 82 valence electrons. The Morgan fingerprint density at radius 1 is 1.20 bits per heavy atom. The van der Waals surface area contributed by atoms with Crippen molar-refractivity contribution in [3.05, 3.63) is 10.7 Å². The summed E-state index contributed by atoms with van der Waals surface area (Å²) in [5.74, 6) is 0.334. The summed E-state index contributed by atoms with van der Waals surface area (Å²) >= 11 is 2.99. The maximum absolute atomic E-state index is 12.5. The molecule has 0 unspecified atom stereocenters. The van der Waals surface area contributed by atoms with Gasteiger partial charge in [0.1, 0.15) is 0 Å². The zero-order chi connectivity index (χ0) is 10.9. The molecule has 0 spiro atoms. The molecule has 0 aromatic carbocycles. The molecular weight excluding hydrogens is 277 g/mol. The Morgan fingerprint density at radius 2 is 1.80 bits per heavy atom. The SMILES string of the molecule is FC(F)(F)C12CC(c3nnc(Br)o3)(C1)C2. The van der Waals surface area contributed by atoms with Crippen LogP contribution in [0.4, 0.5) is 13.2 Å². The third-order valence-corrected chi connectivity index (χ3v) is 3.81. The van der Waals surface area contributed by atoms with E-state index in [0.29, 0.717) is 5.89 Å². The topological polar surface area (TPSA) is 38.9 Å². The van der Waals surface area contributed by atoms with E-state index in [1.165, 1.54) is 0 Å². The van der Waals surface area contributed by atoms with E-state index in [0.717, 1.165) is 0 Å². The zero-order valence-corrected chi connectivity index (χ0v) is 9.02. The van der Waals surface area contributed by atoms with Gasteiger partial charge in [0, 0.05) is 15.9 Å². The van der Waals surface area contributed by atoms with Crippen molar-refractivity contribution < 1.29 is 17.6 Å². The van der Waals surface area contributed by atoms with Crippen molar-refractivity contribution in [2.75, 3.05) is 0 Å². The van der Waals surface area contributed by atoms with Crippen LogP contribution >= 0.6 is 15.9 Å². The molecule has 3 nitrogen and oxygen atoms in total. The number of aromatic nitrogens is 2. The lowest BCUT2D eigenvalue weighted by molar-refractivity contribution is -0.340. The van der Waals surface area contributed by atoms with E-state index < -0.39 is 17.0 Å². The molecule has 2 bridgehead atoms. The molecule has 0 aliphatic heterocycles. The Labute approximate surface area is 91.2 Å². The first kappa shape index (κ1) is 9.62. The number of hydrogen-bond donors (Lipinski definition) is 0. The van der Waals surface area contributed by atoms with Gasteiger partial charge in [0.25, 0.3) is 4.80 Å². The maximum Gasteiger partial charge on any atom is 0.394 e. The number of nitrogens with zero attached hydrogens (tertiary/aromatic N) is 2. The fourth-order valence-corrected chi connectivity index (χ4v) is 2.97. The molecule has 1 aromatic heterocycles. The van der Waals surface area contributed by atoms with Crippen LogP contribution < -0.4 is 0 Å². The van der Waals surface area contributed by atoms with Crippen LogP contribution in [0.25, 0.3) is 0 Å². The molecular formula is C8H6BrF3N2O. The van der Waals surface area contributed by atoms with E-state index in [2.05, 4.69) is 26.1 Å². The van der Waals surface area contributed by atoms with E-state index in [4.69, 9.17) is 4.42 Å². The predicted molar refractivity (Wildman–Crippen MR) is 46.0 cm³/mol. The van der Waals surface area contributed by atoms with Crippen LogP contribution in [0.15, 0.2) is 9.22 Å². The van der Waals surface area contributed by atoms with Crippen LogP contribution in [0, 0.1) is 5.41 Å². The second kappa shape index (κ2) is 2.39. The van der Waals surface area contributed by atoms with E-state index in [-0.39, 0.29) is 24.1 Å². The summed E-state index contributed by atoms with van der Waals surface area (Å²) < 4.78 is 42.7. The first-order valence-electron chi connectivity index (χ1n) is 4.43. The highest BCUT2D eigenvalue weighted by molar-refractivity contribution is 9.10. The monoisotopic (exact) mass is 282 g/mol. The summed E-state index contributed by atoms with van der Waals surface area (Å²) in [4.78, 5) is 0.225. The van der Waals surface area contributed by atoms with Gasteiger partial charge in [-0.2, -0.15) is 13.2 Å². The van der Waals surface area contributed by atoms with Gasteiger partial charge in [-0.05, 0) is 19.3 Å². The fraction of sp³-hybridized carbons (Fsp3) is 0.750. The van der Waals surface area contributed by atoms with Gasteiger partial charge >= 0.3 is 6.18 Å². The van der Waals surface area contributed by atoms with E-state index in [1.807, 2.05) is 0 Å². The summed E-state index contributed by atoms with van der Waals surface area (Å²) in [6.07, 6.45) is -3.81. The summed E-state index contributed by atoms with van der Waals surface area (Å²) in [7, 11) is 0. The Hall–Kier alpha value is -0.590. The average Bonchev–Trinajstić information content (AvgIpc) is 2.25. The highest BCUT2D eigenvalue weighted by Crippen LogP contribution is 2.78. The Balaban J connectivity index is 1.82. The lowest BCUT2D eigenvalue weighted by Gasteiger charge is -2.68. The Kier molecular flexibility index (Phi) is 1.53. The quantitative estimate of drug-likeness (QED) is 0.795. The normalized spacial score (nSPS) is 38.4. The van der Waals surface area contributed by atoms with Crippen molar-refractivity contribution in [3.63, 3.8) is 0 Å². The van der Waals surface area contributed by atoms with Gasteiger partial charge in [0.2, 0.25) is 5.89 Å². The Bertz CT molecular complexity index is 408. The number of hydrogen-bond acceptors (Lipinski definition) is 3. The second-order valence-electron chi connectivity index (χ2n) is 4.45. The molecule has 7 heteroatoms. The minimum absolute atomic E-state index is 0.0954. The van der Waals surface area contributed by atoms with E-state index in [1.54, 1.807) is 0 Å². The van der Waals surface area contributed by atoms with Crippen LogP contribution in [0.5, 0.6) is 0 Å². The summed E-state index contributed by atoms with van der Waals surface area (Å²) in [5, 5.41) is 7.32. The first-order valence-corrected chi connectivity index (χ1v) is 5.23. The fourth-order valence-electron chi connectivity index (χ4n) is 2.74. The second-order valence-corrected chi connectivity index (χ2v) is 5.13. The molecule has 1 heterocycles. The van der Waals surface area contributed by atoms with Crippen molar-refractivity contribution in [1.29, 1.82) is 0 Å². The molecule has 0 radical (unpaired) electrons. The third-order valence-electron chi connectivity index (χ3n) is 3.49. The zero-order valence-electron chi connectivity index (χ0n) is 7.44. The Morgan fingerprint density at radius 3 is 2.20 bits per heavy atom. The summed E-state index contributed by atoms with van der Waals surface area (Å²) in [6, 6.07) is 0. The van der Waals surface area contributed by atoms with Gasteiger partial charge in [0.15, 0.2) is 0 Å². The average molecular weight is 283 g/mol. The van der Waals surface area contributed by atoms with Crippen LogP contribution in [0.2, 0.25) is 0 Å². The van der Waals surface area contributed by atoms with Gasteiger partial charge in [-0.15, -0.1) is 10.2 Å². The maximum atomic E-state index is 12.5. The molecule has 0 saturated heterocycles. The van der Waals surface area contributed by atoms with Gasteiger partial charge in [-0.3, -0.25) is 0 Å². The molecule has 4 rings (SSSR count). The lowest BCUT2D eigenvalue weighted by Crippen LogP contribution is -2.70. The van der Waals surface area contributed by atoms with Crippen molar-refractivity contribution >= 4 is 15.9 Å². The van der Waals surface area contributed by atoms with Gasteiger partial charge in [-0.1, -0.05) is 0 Å². The van der Waals surface area contributed by atoms with Crippen LogP contribution in [-0.2, 0) is 5.41 Å². The predicted octanol–water partition coefficient (Wildman–Crippen LogP) is 2.82. The molecule has 3 aliphatic rings. The first-order chi connectivity index (χ1) is 6.87. The minimum atomic E-state index is -4.09. The third kappa shape index (κ3) is 1.02. The van der Waals surface area contributed by atoms with Crippen molar-refractivity contribution in [3.8, 4) is 0 Å². The van der Waals surface area contributed by atoms with Crippen LogP contribution in [0.1, 0.15) is 25.2 Å².